The molecule has 1 aliphatic heterocycles. The Bertz CT molecular complexity index is 288. The average Bonchev–Trinajstić information content (AvgIpc) is 2.14. The van der Waals surface area contributed by atoms with E-state index in [0.29, 0.717) is 0 Å². The van der Waals surface area contributed by atoms with Crippen molar-refractivity contribution in [3.8, 4) is 0 Å². The number of alkyl halides is 2. The van der Waals surface area contributed by atoms with E-state index >= 15 is 0 Å². The highest BCUT2D eigenvalue weighted by molar-refractivity contribution is 5.79. The summed E-state index contributed by atoms with van der Waals surface area (Å²) in [6, 6.07) is -0.814. The second-order valence-electron chi connectivity index (χ2n) is 3.82. The van der Waals surface area contributed by atoms with E-state index in [1.165, 1.54) is 7.05 Å². The molecule has 2 N–H and O–H groups in total. The van der Waals surface area contributed by atoms with Gasteiger partial charge in [0.1, 0.15) is 6.04 Å². The first kappa shape index (κ1) is 12.8. The van der Waals surface area contributed by atoms with Gasteiger partial charge in [0, 0.05) is 6.42 Å². The maximum Gasteiger partial charge on any atom is 0.320 e. The molecule has 0 spiro atoms. The molecule has 1 amide bonds. The first-order chi connectivity index (χ1) is 7.35. The van der Waals surface area contributed by atoms with Gasteiger partial charge in [0.25, 0.3) is 5.92 Å². The molecular formula is C9H14F2N2O3. The minimum atomic E-state index is -2.77. The Morgan fingerprint density at radius 1 is 1.50 bits per heavy atom. The van der Waals surface area contributed by atoms with Gasteiger partial charge in [-0.05, 0) is 13.5 Å². The second kappa shape index (κ2) is 4.73. The van der Waals surface area contributed by atoms with E-state index in [1.807, 2.05) is 0 Å². The monoisotopic (exact) mass is 236 g/mol. The lowest BCUT2D eigenvalue weighted by Gasteiger charge is -2.38. The predicted molar refractivity (Wildman–Crippen MR) is 51.2 cm³/mol. The fourth-order valence-corrected chi connectivity index (χ4v) is 1.51. The van der Waals surface area contributed by atoms with Gasteiger partial charge >= 0.3 is 5.97 Å². The Balaban J connectivity index is 2.28. The third-order valence-electron chi connectivity index (χ3n) is 2.49. The minimum Gasteiger partial charge on any atom is -0.480 e. The van der Waals surface area contributed by atoms with E-state index < -0.39 is 36.9 Å². The van der Waals surface area contributed by atoms with Gasteiger partial charge in [-0.3, -0.25) is 9.59 Å². The number of likely N-dealkylation sites (tertiary alicyclic amines) is 1. The third-order valence-corrected chi connectivity index (χ3v) is 2.49. The lowest BCUT2D eigenvalue weighted by atomic mass is 10.1. The molecule has 0 saturated carbocycles. The number of carbonyl (C=O) groups is 2. The smallest absolute Gasteiger partial charge is 0.320 e. The van der Waals surface area contributed by atoms with Crippen molar-refractivity contribution in [2.24, 2.45) is 0 Å². The van der Waals surface area contributed by atoms with E-state index in [0.717, 1.165) is 4.90 Å². The predicted octanol–water partition coefficient (Wildman–Crippen LogP) is -0.0833. The van der Waals surface area contributed by atoms with Gasteiger partial charge in [0.15, 0.2) is 0 Å². The number of nitrogens with one attached hydrogen (secondary N) is 1. The van der Waals surface area contributed by atoms with E-state index in [9.17, 15) is 18.4 Å². The molecule has 1 heterocycles. The van der Waals surface area contributed by atoms with E-state index in [1.54, 1.807) is 0 Å². The Hall–Kier alpha value is -1.24. The van der Waals surface area contributed by atoms with Gasteiger partial charge in [0.2, 0.25) is 5.91 Å². The summed E-state index contributed by atoms with van der Waals surface area (Å²) in [6.07, 6.45) is 0.0701. The van der Waals surface area contributed by atoms with Crippen LogP contribution in [0.1, 0.15) is 12.8 Å². The largest absolute Gasteiger partial charge is 0.480 e. The zero-order valence-electron chi connectivity index (χ0n) is 8.87. The molecule has 16 heavy (non-hydrogen) atoms. The van der Waals surface area contributed by atoms with Crippen LogP contribution in [-0.2, 0) is 9.59 Å². The molecule has 0 aliphatic carbocycles. The zero-order valence-corrected chi connectivity index (χ0v) is 8.87. The summed E-state index contributed by atoms with van der Waals surface area (Å²) in [5.41, 5.74) is 0. The number of carboxylic acid groups (broad SMARTS) is 1. The van der Waals surface area contributed by atoms with Crippen molar-refractivity contribution < 1.29 is 23.5 Å². The number of rotatable bonds is 5. The van der Waals surface area contributed by atoms with Crippen molar-refractivity contribution in [3.05, 3.63) is 0 Å². The topological polar surface area (TPSA) is 69.6 Å². The molecule has 1 rings (SSSR count). The number of amides is 1. The van der Waals surface area contributed by atoms with Crippen LogP contribution >= 0.6 is 0 Å². The maximum atomic E-state index is 12.4. The highest BCUT2D eigenvalue weighted by atomic mass is 19.3. The van der Waals surface area contributed by atoms with Gasteiger partial charge in [-0.1, -0.05) is 0 Å². The molecule has 1 atom stereocenters. The van der Waals surface area contributed by atoms with Crippen molar-refractivity contribution >= 4 is 11.9 Å². The molecule has 1 saturated heterocycles. The van der Waals surface area contributed by atoms with Gasteiger partial charge < -0.3 is 15.3 Å². The summed E-state index contributed by atoms with van der Waals surface area (Å²) >= 11 is 0. The molecular weight excluding hydrogens is 222 g/mol. The Morgan fingerprint density at radius 2 is 2.06 bits per heavy atom. The number of carbonyl (C=O) groups excluding carboxylic acids is 1. The van der Waals surface area contributed by atoms with E-state index in [4.69, 9.17) is 5.11 Å². The van der Waals surface area contributed by atoms with Gasteiger partial charge in [-0.15, -0.1) is 0 Å². The maximum absolute atomic E-state index is 12.4. The number of likely N-dealkylation sites (N-methyl/N-ethyl adjacent to an activating group) is 1. The summed E-state index contributed by atoms with van der Waals surface area (Å²) < 4.78 is 24.9. The Kier molecular flexibility index (Phi) is 3.79. The molecule has 0 bridgehead atoms. The molecule has 1 aliphatic rings. The molecule has 92 valence electrons. The fourth-order valence-electron chi connectivity index (χ4n) is 1.51. The van der Waals surface area contributed by atoms with Crippen molar-refractivity contribution in [2.45, 2.75) is 24.8 Å². The van der Waals surface area contributed by atoms with Crippen molar-refractivity contribution in [1.29, 1.82) is 0 Å². The normalized spacial score (nSPS) is 20.1. The number of hydrogen-bond acceptors (Lipinski definition) is 3. The van der Waals surface area contributed by atoms with Gasteiger partial charge in [-0.2, -0.15) is 0 Å². The SMILES string of the molecule is CNC(CCC(=O)N1CC(F)(F)C1)C(=O)O. The standard InChI is InChI=1S/C9H14F2N2O3/c1-12-6(8(15)16)2-3-7(14)13-4-9(10,11)5-13/h6,12H,2-5H2,1H3,(H,15,16). The molecule has 0 aromatic heterocycles. The van der Waals surface area contributed by atoms with Gasteiger partial charge in [0.05, 0.1) is 13.1 Å². The van der Waals surface area contributed by atoms with Crippen LogP contribution in [0.2, 0.25) is 0 Å². The Labute approximate surface area is 91.4 Å². The van der Waals surface area contributed by atoms with Crippen molar-refractivity contribution in [1.82, 2.24) is 10.2 Å². The lowest BCUT2D eigenvalue weighted by molar-refractivity contribution is -0.166. The Morgan fingerprint density at radius 3 is 2.44 bits per heavy atom. The summed E-state index contributed by atoms with van der Waals surface area (Å²) in [5.74, 6) is -4.25. The number of halogens is 2. The lowest BCUT2D eigenvalue weighted by Crippen LogP contribution is -2.58. The summed E-state index contributed by atoms with van der Waals surface area (Å²) in [5, 5.41) is 11.2. The highest BCUT2D eigenvalue weighted by Crippen LogP contribution is 2.27. The average molecular weight is 236 g/mol. The summed E-state index contributed by atoms with van der Waals surface area (Å²) in [6.45, 7) is -1.10. The first-order valence-electron chi connectivity index (χ1n) is 4.91. The third kappa shape index (κ3) is 3.13. The van der Waals surface area contributed by atoms with Crippen LogP contribution in [0.25, 0.3) is 0 Å². The summed E-state index contributed by atoms with van der Waals surface area (Å²) in [7, 11) is 1.47. The molecule has 1 unspecified atom stereocenters. The van der Waals surface area contributed by atoms with Crippen LogP contribution < -0.4 is 5.32 Å². The fraction of sp³-hybridized carbons (Fsp3) is 0.778. The van der Waals surface area contributed by atoms with Crippen molar-refractivity contribution in [2.75, 3.05) is 20.1 Å². The van der Waals surface area contributed by atoms with Crippen molar-refractivity contribution in [3.63, 3.8) is 0 Å². The van der Waals surface area contributed by atoms with Crippen LogP contribution in [0.5, 0.6) is 0 Å². The number of aliphatic carboxylic acids is 1. The first-order valence-corrected chi connectivity index (χ1v) is 4.91. The number of nitrogens with zero attached hydrogens (tertiary/aromatic N) is 1. The molecule has 0 radical (unpaired) electrons. The van der Waals surface area contributed by atoms with Crippen LogP contribution in [0.15, 0.2) is 0 Å². The van der Waals surface area contributed by atoms with Crippen LogP contribution in [0, 0.1) is 0 Å². The molecule has 0 aromatic carbocycles. The van der Waals surface area contributed by atoms with E-state index in [-0.39, 0.29) is 12.8 Å². The highest BCUT2D eigenvalue weighted by Gasteiger charge is 2.45. The number of carboxylic acids is 1. The van der Waals surface area contributed by atoms with Crippen LogP contribution in [0.4, 0.5) is 8.78 Å². The van der Waals surface area contributed by atoms with Gasteiger partial charge in [-0.25, -0.2) is 8.78 Å². The van der Waals surface area contributed by atoms with Crippen LogP contribution in [0.3, 0.4) is 0 Å². The molecule has 0 aromatic rings. The zero-order chi connectivity index (χ0) is 12.3. The summed E-state index contributed by atoms with van der Waals surface area (Å²) in [4.78, 5) is 23.0. The minimum absolute atomic E-state index is 0.0338. The van der Waals surface area contributed by atoms with Crippen LogP contribution in [-0.4, -0.2) is 54.0 Å². The quantitative estimate of drug-likeness (QED) is 0.700. The van der Waals surface area contributed by atoms with E-state index in [2.05, 4.69) is 5.32 Å². The molecule has 5 nitrogen and oxygen atoms in total. The number of hydrogen-bond donors (Lipinski definition) is 2. The molecule has 7 heteroatoms. The second-order valence-corrected chi connectivity index (χ2v) is 3.82. The molecule has 1 fully saturated rings.